The predicted octanol–water partition coefficient (Wildman–Crippen LogP) is 2.36. The van der Waals surface area contributed by atoms with Crippen LogP contribution in [0.5, 0.6) is 0 Å². The fourth-order valence-electron chi connectivity index (χ4n) is 0.945. The van der Waals surface area contributed by atoms with E-state index in [0.717, 1.165) is 13.0 Å². The van der Waals surface area contributed by atoms with Gasteiger partial charge in [0.1, 0.15) is 0 Å². The van der Waals surface area contributed by atoms with Gasteiger partial charge in [-0.25, -0.2) is 0 Å². The molecule has 0 bridgehead atoms. The van der Waals surface area contributed by atoms with Crippen molar-refractivity contribution in [1.29, 1.82) is 0 Å². The average Bonchev–Trinajstić information content (AvgIpc) is 2.03. The monoisotopic (exact) mass is 185 g/mol. The molecule has 0 aliphatic carbocycles. The Bertz CT molecular complexity index is 138. The lowest BCUT2D eigenvalue weighted by atomic mass is 10.1. The van der Waals surface area contributed by atoms with Crippen LogP contribution in [0.25, 0.3) is 0 Å². The highest BCUT2D eigenvalue weighted by atomic mass is 16.5. The third kappa shape index (κ3) is 8.00. The van der Waals surface area contributed by atoms with Crippen LogP contribution in [0.1, 0.15) is 34.1 Å². The van der Waals surface area contributed by atoms with E-state index in [0.29, 0.717) is 12.7 Å². The molecule has 0 aromatic carbocycles. The topological polar surface area (TPSA) is 21.3 Å². The number of hydrogen-bond donors (Lipinski definition) is 1. The molecule has 13 heavy (non-hydrogen) atoms. The zero-order valence-corrected chi connectivity index (χ0v) is 9.39. The Morgan fingerprint density at radius 1 is 1.46 bits per heavy atom. The first kappa shape index (κ1) is 12.7. The van der Waals surface area contributed by atoms with Gasteiger partial charge in [-0.2, -0.15) is 0 Å². The lowest BCUT2D eigenvalue weighted by Crippen LogP contribution is -2.41. The summed E-state index contributed by atoms with van der Waals surface area (Å²) in [6, 6.07) is 0. The number of rotatable bonds is 6. The fourth-order valence-corrected chi connectivity index (χ4v) is 0.945. The van der Waals surface area contributed by atoms with Crippen molar-refractivity contribution in [1.82, 2.24) is 5.32 Å². The van der Waals surface area contributed by atoms with Gasteiger partial charge in [0.15, 0.2) is 0 Å². The maximum Gasteiger partial charge on any atom is 0.0701 e. The van der Waals surface area contributed by atoms with Gasteiger partial charge in [-0.15, -0.1) is 6.58 Å². The van der Waals surface area contributed by atoms with Gasteiger partial charge in [-0.3, -0.25) is 0 Å². The van der Waals surface area contributed by atoms with Crippen molar-refractivity contribution >= 4 is 0 Å². The normalized spacial score (nSPS) is 14.2. The molecule has 1 unspecified atom stereocenters. The zero-order chi connectivity index (χ0) is 10.3. The Morgan fingerprint density at radius 2 is 2.08 bits per heavy atom. The molecule has 78 valence electrons. The summed E-state index contributed by atoms with van der Waals surface area (Å²) in [4.78, 5) is 0. The molecular weight excluding hydrogens is 162 g/mol. The van der Waals surface area contributed by atoms with Crippen molar-refractivity contribution < 1.29 is 4.74 Å². The second kappa shape index (κ2) is 6.17. The first-order valence-corrected chi connectivity index (χ1v) is 4.97. The van der Waals surface area contributed by atoms with Crippen molar-refractivity contribution in [2.24, 2.45) is 0 Å². The highest BCUT2D eigenvalue weighted by Gasteiger charge is 2.12. The molecule has 2 nitrogen and oxygen atoms in total. The highest BCUT2D eigenvalue weighted by molar-refractivity contribution is 4.74. The second-order valence-electron chi connectivity index (χ2n) is 4.28. The van der Waals surface area contributed by atoms with Crippen molar-refractivity contribution in [3.63, 3.8) is 0 Å². The van der Waals surface area contributed by atoms with Crippen molar-refractivity contribution in [2.75, 3.05) is 13.2 Å². The van der Waals surface area contributed by atoms with E-state index in [-0.39, 0.29) is 5.54 Å². The van der Waals surface area contributed by atoms with E-state index < -0.39 is 0 Å². The third-order valence-corrected chi connectivity index (χ3v) is 1.77. The summed E-state index contributed by atoms with van der Waals surface area (Å²) in [5.74, 6) is 0. The molecule has 0 aromatic rings. The fraction of sp³-hybridized carbons (Fsp3) is 0.818. The van der Waals surface area contributed by atoms with Gasteiger partial charge >= 0.3 is 0 Å². The van der Waals surface area contributed by atoms with Crippen LogP contribution in [0.2, 0.25) is 0 Å². The van der Waals surface area contributed by atoms with Crippen LogP contribution >= 0.6 is 0 Å². The van der Waals surface area contributed by atoms with Gasteiger partial charge < -0.3 is 10.1 Å². The van der Waals surface area contributed by atoms with Gasteiger partial charge in [0.25, 0.3) is 0 Å². The van der Waals surface area contributed by atoms with Crippen molar-refractivity contribution in [3.8, 4) is 0 Å². The molecule has 0 aliphatic rings. The molecule has 0 heterocycles. The molecule has 0 fully saturated rings. The highest BCUT2D eigenvalue weighted by Crippen LogP contribution is 2.02. The number of hydrogen-bond acceptors (Lipinski definition) is 2. The van der Waals surface area contributed by atoms with E-state index in [1.807, 2.05) is 0 Å². The Balaban J connectivity index is 3.65. The van der Waals surface area contributed by atoms with Crippen molar-refractivity contribution in [3.05, 3.63) is 12.7 Å². The van der Waals surface area contributed by atoms with Gasteiger partial charge in [-0.05, 0) is 27.2 Å². The Morgan fingerprint density at radius 3 is 2.46 bits per heavy atom. The van der Waals surface area contributed by atoms with E-state index in [9.17, 15) is 0 Å². The summed E-state index contributed by atoms with van der Waals surface area (Å²) in [6.07, 6.45) is 3.13. The Labute approximate surface area is 82.4 Å². The average molecular weight is 185 g/mol. The van der Waals surface area contributed by atoms with E-state index in [1.165, 1.54) is 0 Å². The second-order valence-corrected chi connectivity index (χ2v) is 4.28. The summed E-state index contributed by atoms with van der Waals surface area (Å²) in [6.45, 7) is 13.8. The molecule has 0 radical (unpaired) electrons. The molecule has 0 amide bonds. The minimum Gasteiger partial charge on any atom is -0.373 e. The van der Waals surface area contributed by atoms with Gasteiger partial charge in [0, 0.05) is 12.1 Å². The molecule has 0 saturated heterocycles. The maximum absolute atomic E-state index is 5.56. The van der Waals surface area contributed by atoms with E-state index >= 15 is 0 Å². The smallest absolute Gasteiger partial charge is 0.0701 e. The zero-order valence-electron chi connectivity index (χ0n) is 9.39. The first-order chi connectivity index (χ1) is 5.99. The van der Waals surface area contributed by atoms with Crippen LogP contribution in [-0.4, -0.2) is 24.8 Å². The molecule has 2 heteroatoms. The number of ether oxygens (including phenoxy) is 1. The maximum atomic E-state index is 5.56. The lowest BCUT2D eigenvalue weighted by molar-refractivity contribution is 0.0664. The Hall–Kier alpha value is -0.340. The largest absolute Gasteiger partial charge is 0.373 e. The summed E-state index contributed by atoms with van der Waals surface area (Å²) < 4.78 is 5.56. The molecule has 0 aliphatic heterocycles. The van der Waals surface area contributed by atoms with E-state index in [2.05, 4.69) is 39.6 Å². The quantitative estimate of drug-likeness (QED) is 0.641. The molecule has 0 saturated carbocycles. The van der Waals surface area contributed by atoms with Crippen LogP contribution in [0.4, 0.5) is 0 Å². The van der Waals surface area contributed by atoms with Crippen LogP contribution < -0.4 is 5.32 Å². The summed E-state index contributed by atoms with van der Waals surface area (Å²) >= 11 is 0. The molecule has 0 rings (SSSR count). The summed E-state index contributed by atoms with van der Waals surface area (Å²) in [7, 11) is 0. The molecule has 1 atom stereocenters. The third-order valence-electron chi connectivity index (χ3n) is 1.77. The van der Waals surface area contributed by atoms with Crippen LogP contribution in [0, 0.1) is 0 Å². The predicted molar refractivity (Wildman–Crippen MR) is 58.0 cm³/mol. The van der Waals surface area contributed by atoms with Crippen LogP contribution in [0.3, 0.4) is 0 Å². The van der Waals surface area contributed by atoms with Crippen LogP contribution in [0.15, 0.2) is 12.7 Å². The Kier molecular flexibility index (Phi) is 6.00. The van der Waals surface area contributed by atoms with E-state index in [1.54, 1.807) is 6.08 Å². The summed E-state index contributed by atoms with van der Waals surface area (Å²) in [5.41, 5.74) is 0.172. The van der Waals surface area contributed by atoms with Crippen molar-refractivity contribution in [2.45, 2.75) is 45.8 Å². The SMILES string of the molecule is C=CCOC(CC)CNC(C)(C)C. The molecule has 1 N–H and O–H groups in total. The first-order valence-electron chi connectivity index (χ1n) is 4.97. The minimum absolute atomic E-state index is 0.172. The molecular formula is C11H23NO. The number of nitrogens with one attached hydrogen (secondary N) is 1. The standard InChI is InChI=1S/C11H23NO/c1-6-8-13-10(7-2)9-12-11(3,4)5/h6,10,12H,1,7-9H2,2-5H3. The van der Waals surface area contributed by atoms with Gasteiger partial charge in [0.2, 0.25) is 0 Å². The molecule has 0 spiro atoms. The van der Waals surface area contributed by atoms with E-state index in [4.69, 9.17) is 4.74 Å². The summed E-state index contributed by atoms with van der Waals surface area (Å²) in [5, 5.41) is 3.42. The minimum atomic E-state index is 0.172. The van der Waals surface area contributed by atoms with Gasteiger partial charge in [0.05, 0.1) is 12.7 Å². The lowest BCUT2D eigenvalue weighted by Gasteiger charge is -2.24. The van der Waals surface area contributed by atoms with Gasteiger partial charge in [-0.1, -0.05) is 13.0 Å². The van der Waals surface area contributed by atoms with Crippen LogP contribution in [-0.2, 0) is 4.74 Å². The molecule has 0 aromatic heterocycles.